The molecule has 6 nitrogen and oxygen atoms in total. The highest BCUT2D eigenvalue weighted by molar-refractivity contribution is 5.77. The molecule has 0 N–H and O–H groups in total. The van der Waals surface area contributed by atoms with Crippen molar-refractivity contribution in [2.45, 2.75) is 46.1 Å². The average molecular weight is 386 g/mol. The van der Waals surface area contributed by atoms with Crippen molar-refractivity contribution in [1.29, 1.82) is 0 Å². The van der Waals surface area contributed by atoms with E-state index in [0.29, 0.717) is 13.1 Å². The number of oxazole rings is 1. The summed E-state index contributed by atoms with van der Waals surface area (Å²) in [5, 5.41) is 0. The molecule has 3 rings (SSSR count). The van der Waals surface area contributed by atoms with E-state index in [1.54, 1.807) is 0 Å². The Hall–Kier alpha value is -2.34. The second kappa shape index (κ2) is 8.78. The van der Waals surface area contributed by atoms with Crippen LogP contribution < -0.4 is 4.74 Å². The Morgan fingerprint density at radius 3 is 2.75 bits per heavy atom. The number of aromatic nitrogens is 1. The Bertz CT molecular complexity index is 794. The molecule has 1 aromatic heterocycles. The van der Waals surface area contributed by atoms with E-state index >= 15 is 0 Å². The van der Waals surface area contributed by atoms with Crippen LogP contribution in [0.15, 0.2) is 34.9 Å². The normalized spacial score (nSPS) is 16.1. The van der Waals surface area contributed by atoms with E-state index < -0.39 is 0 Å². The molecule has 0 unspecified atom stereocenters. The fraction of sp³-hybridized carbons (Fsp3) is 0.545. The number of aryl methyl sites for hydroxylation is 1. The van der Waals surface area contributed by atoms with Gasteiger partial charge >= 0.3 is 0 Å². The minimum absolute atomic E-state index is 0.0366. The fourth-order valence-electron chi connectivity index (χ4n) is 3.24. The van der Waals surface area contributed by atoms with Gasteiger partial charge in [-0.15, -0.1) is 0 Å². The summed E-state index contributed by atoms with van der Waals surface area (Å²) in [4.78, 5) is 21.2. The number of benzene rings is 1. The van der Waals surface area contributed by atoms with Gasteiger partial charge in [-0.25, -0.2) is 4.98 Å². The molecule has 6 heteroatoms. The average Bonchev–Trinajstić information content (AvgIpc) is 2.99. The van der Waals surface area contributed by atoms with Gasteiger partial charge in [-0.1, -0.05) is 32.9 Å². The third kappa shape index (κ3) is 5.58. The molecular weight excluding hydrogens is 354 g/mol. The van der Waals surface area contributed by atoms with Crippen molar-refractivity contribution in [2.75, 3.05) is 32.8 Å². The minimum atomic E-state index is -0.0372. The molecule has 0 saturated carbocycles. The van der Waals surface area contributed by atoms with E-state index in [1.165, 1.54) is 0 Å². The van der Waals surface area contributed by atoms with Crippen LogP contribution in [0.25, 0.3) is 0 Å². The molecule has 0 radical (unpaired) electrons. The zero-order valence-corrected chi connectivity index (χ0v) is 17.4. The predicted octanol–water partition coefficient (Wildman–Crippen LogP) is 3.39. The predicted molar refractivity (Wildman–Crippen MR) is 108 cm³/mol. The molecular formula is C22H31N3O3. The van der Waals surface area contributed by atoms with Gasteiger partial charge in [0.2, 0.25) is 5.89 Å². The topological polar surface area (TPSA) is 58.8 Å². The summed E-state index contributed by atoms with van der Waals surface area (Å²) in [5.74, 6) is 2.42. The van der Waals surface area contributed by atoms with Crippen molar-refractivity contribution >= 4 is 5.91 Å². The Morgan fingerprint density at radius 1 is 1.21 bits per heavy atom. The number of rotatable bonds is 5. The van der Waals surface area contributed by atoms with Crippen molar-refractivity contribution in [3.05, 3.63) is 47.7 Å². The van der Waals surface area contributed by atoms with Crippen LogP contribution in [0, 0.1) is 6.92 Å². The fourth-order valence-corrected chi connectivity index (χ4v) is 3.24. The largest absolute Gasteiger partial charge is 0.484 e. The third-order valence-electron chi connectivity index (χ3n) is 4.94. The summed E-state index contributed by atoms with van der Waals surface area (Å²) in [5.41, 5.74) is 1.08. The number of hydrogen-bond donors (Lipinski definition) is 0. The number of nitrogens with zero attached hydrogens (tertiary/aromatic N) is 3. The number of hydrogen-bond acceptors (Lipinski definition) is 5. The number of ether oxygens (including phenoxy) is 1. The maximum atomic E-state index is 12.5. The first-order valence-corrected chi connectivity index (χ1v) is 9.96. The van der Waals surface area contributed by atoms with Crippen molar-refractivity contribution in [3.63, 3.8) is 0 Å². The van der Waals surface area contributed by atoms with Crippen LogP contribution in [0.1, 0.15) is 44.4 Å². The monoisotopic (exact) mass is 385 g/mol. The Labute approximate surface area is 167 Å². The van der Waals surface area contributed by atoms with E-state index in [1.807, 2.05) is 42.3 Å². The lowest BCUT2D eigenvalue weighted by molar-refractivity contribution is -0.133. The quantitative estimate of drug-likeness (QED) is 0.790. The molecule has 1 fully saturated rings. The van der Waals surface area contributed by atoms with Gasteiger partial charge < -0.3 is 14.1 Å². The number of amides is 1. The zero-order chi connectivity index (χ0) is 20.1. The zero-order valence-electron chi connectivity index (χ0n) is 17.4. The molecule has 1 aliphatic rings. The highest BCUT2D eigenvalue weighted by Crippen LogP contribution is 2.23. The molecule has 0 bridgehead atoms. The summed E-state index contributed by atoms with van der Waals surface area (Å²) in [6.07, 6.45) is 2.76. The van der Waals surface area contributed by atoms with Crippen LogP contribution in [0.5, 0.6) is 5.75 Å². The summed E-state index contributed by atoms with van der Waals surface area (Å²) >= 11 is 0. The van der Waals surface area contributed by atoms with Gasteiger partial charge in [-0.3, -0.25) is 9.69 Å². The smallest absolute Gasteiger partial charge is 0.260 e. The highest BCUT2D eigenvalue weighted by Gasteiger charge is 2.23. The first-order chi connectivity index (χ1) is 13.3. The standard InChI is InChI=1S/C22H31N3O3/c1-17-7-5-8-18(13-17)27-16-21(26)25-10-6-9-24(11-12-25)15-20-23-14-19(28-20)22(2,3)4/h5,7-8,13-14H,6,9-12,15-16H2,1-4H3. The van der Waals surface area contributed by atoms with Crippen molar-refractivity contribution in [1.82, 2.24) is 14.8 Å². The lowest BCUT2D eigenvalue weighted by atomic mass is 9.94. The van der Waals surface area contributed by atoms with Gasteiger partial charge in [0.1, 0.15) is 11.5 Å². The summed E-state index contributed by atoms with van der Waals surface area (Å²) < 4.78 is 11.6. The molecule has 2 aromatic rings. The van der Waals surface area contributed by atoms with Crippen LogP contribution in [0.4, 0.5) is 0 Å². The summed E-state index contributed by atoms with van der Waals surface area (Å²) in [7, 11) is 0. The highest BCUT2D eigenvalue weighted by atomic mass is 16.5. The third-order valence-corrected chi connectivity index (χ3v) is 4.94. The van der Waals surface area contributed by atoms with Crippen LogP contribution in [0.3, 0.4) is 0 Å². The molecule has 0 spiro atoms. The van der Waals surface area contributed by atoms with E-state index in [9.17, 15) is 4.79 Å². The molecule has 1 amide bonds. The molecule has 0 aliphatic carbocycles. The first kappa shape index (κ1) is 20.4. The molecule has 2 heterocycles. The van der Waals surface area contributed by atoms with Gasteiger partial charge in [0, 0.05) is 31.6 Å². The van der Waals surface area contributed by atoms with Crippen molar-refractivity contribution < 1.29 is 13.9 Å². The maximum Gasteiger partial charge on any atom is 0.260 e. The van der Waals surface area contributed by atoms with E-state index in [4.69, 9.17) is 9.15 Å². The van der Waals surface area contributed by atoms with Gasteiger partial charge in [-0.05, 0) is 31.0 Å². The minimum Gasteiger partial charge on any atom is -0.484 e. The van der Waals surface area contributed by atoms with Crippen LogP contribution in [0.2, 0.25) is 0 Å². The van der Waals surface area contributed by atoms with Crippen molar-refractivity contribution in [2.24, 2.45) is 0 Å². The Balaban J connectivity index is 1.48. The second-order valence-corrected chi connectivity index (χ2v) is 8.48. The van der Waals surface area contributed by atoms with Crippen LogP contribution in [-0.4, -0.2) is 53.5 Å². The van der Waals surface area contributed by atoms with E-state index in [2.05, 4.69) is 30.7 Å². The second-order valence-electron chi connectivity index (χ2n) is 8.48. The van der Waals surface area contributed by atoms with Gasteiger partial charge in [0.05, 0.1) is 12.7 Å². The van der Waals surface area contributed by atoms with Gasteiger partial charge in [0.15, 0.2) is 6.61 Å². The summed E-state index contributed by atoms with van der Waals surface area (Å²) in [6, 6.07) is 7.77. The van der Waals surface area contributed by atoms with Crippen molar-refractivity contribution in [3.8, 4) is 5.75 Å². The van der Waals surface area contributed by atoms with E-state index in [0.717, 1.165) is 49.0 Å². The first-order valence-electron chi connectivity index (χ1n) is 9.96. The molecule has 1 saturated heterocycles. The molecule has 0 atom stereocenters. The van der Waals surface area contributed by atoms with E-state index in [-0.39, 0.29) is 17.9 Å². The molecule has 1 aliphatic heterocycles. The lowest BCUT2D eigenvalue weighted by Crippen LogP contribution is -2.38. The van der Waals surface area contributed by atoms with Gasteiger partial charge in [0.25, 0.3) is 5.91 Å². The number of carbonyl (C=O) groups excluding carboxylic acids is 1. The summed E-state index contributed by atoms with van der Waals surface area (Å²) in [6.45, 7) is 12.3. The molecule has 28 heavy (non-hydrogen) atoms. The molecule has 1 aromatic carbocycles. The van der Waals surface area contributed by atoms with Gasteiger partial charge in [-0.2, -0.15) is 0 Å². The SMILES string of the molecule is Cc1cccc(OCC(=O)N2CCCN(Cc3ncc(C(C)(C)C)o3)CC2)c1. The van der Waals surface area contributed by atoms with Crippen LogP contribution in [-0.2, 0) is 16.8 Å². The Morgan fingerprint density at radius 2 is 2.04 bits per heavy atom. The lowest BCUT2D eigenvalue weighted by Gasteiger charge is -2.21. The van der Waals surface area contributed by atoms with Crippen LogP contribution >= 0.6 is 0 Å². The Kier molecular flexibility index (Phi) is 6.39. The maximum absolute atomic E-state index is 12.5. The number of carbonyl (C=O) groups is 1. The molecule has 152 valence electrons.